The van der Waals surface area contributed by atoms with Crippen LogP contribution in [0.15, 0.2) is 224 Å². The van der Waals surface area contributed by atoms with Gasteiger partial charge in [-0.1, -0.05) is 200 Å². The zero-order valence-corrected chi connectivity index (χ0v) is 29.8. The molecule has 0 radical (unpaired) electrons. The van der Waals surface area contributed by atoms with Crippen molar-refractivity contribution in [3.63, 3.8) is 0 Å². The van der Waals surface area contributed by atoms with Crippen LogP contribution in [0.4, 0.5) is 17.1 Å². The average Bonchev–Trinajstić information content (AvgIpc) is 3.57. The molecule has 0 heterocycles. The van der Waals surface area contributed by atoms with E-state index in [0.29, 0.717) is 0 Å². The van der Waals surface area contributed by atoms with Crippen LogP contribution >= 0.6 is 0 Å². The third kappa shape index (κ3) is 5.01. The van der Waals surface area contributed by atoms with Crippen molar-refractivity contribution in [2.24, 2.45) is 0 Å². The number of hydrogen-bond donors (Lipinski definition) is 0. The third-order valence-corrected chi connectivity index (χ3v) is 11.2. The van der Waals surface area contributed by atoms with Crippen LogP contribution < -0.4 is 4.90 Å². The molecule has 0 saturated heterocycles. The fourth-order valence-corrected chi connectivity index (χ4v) is 8.87. The van der Waals surface area contributed by atoms with Gasteiger partial charge in [-0.15, -0.1) is 0 Å². The predicted octanol–water partition coefficient (Wildman–Crippen LogP) is 14.0. The van der Waals surface area contributed by atoms with E-state index in [1.165, 1.54) is 66.4 Å². The maximum Gasteiger partial charge on any atom is 0.0714 e. The van der Waals surface area contributed by atoms with Crippen molar-refractivity contribution >= 4 is 27.8 Å². The van der Waals surface area contributed by atoms with Crippen LogP contribution in [0.5, 0.6) is 0 Å². The Balaban J connectivity index is 1.23. The van der Waals surface area contributed by atoms with Crippen LogP contribution in [0.2, 0.25) is 0 Å². The molecule has 0 atom stereocenters. The lowest BCUT2D eigenvalue weighted by Crippen LogP contribution is -2.28. The minimum atomic E-state index is -0.486. The molecule has 1 aliphatic rings. The lowest BCUT2D eigenvalue weighted by molar-refractivity contribution is 0.768. The second-order valence-corrected chi connectivity index (χ2v) is 14.0. The summed E-state index contributed by atoms with van der Waals surface area (Å²) in [5.74, 6) is 0. The molecule has 0 bridgehead atoms. The molecule has 54 heavy (non-hydrogen) atoms. The minimum Gasteiger partial charge on any atom is -0.309 e. The molecule has 0 N–H and O–H groups in total. The molecule has 0 amide bonds. The van der Waals surface area contributed by atoms with Crippen molar-refractivity contribution in [2.75, 3.05) is 4.90 Å². The molecular formula is C53H37N. The maximum absolute atomic E-state index is 2.48. The van der Waals surface area contributed by atoms with Gasteiger partial charge in [-0.2, -0.15) is 0 Å². The number of benzene rings is 9. The van der Waals surface area contributed by atoms with E-state index in [2.05, 4.69) is 229 Å². The van der Waals surface area contributed by atoms with Crippen LogP contribution in [-0.2, 0) is 5.41 Å². The molecule has 0 spiro atoms. The number of fused-ring (bicyclic) bond motifs is 4. The lowest BCUT2D eigenvalue weighted by atomic mass is 9.68. The van der Waals surface area contributed by atoms with Crippen molar-refractivity contribution in [3.8, 4) is 33.4 Å². The van der Waals surface area contributed by atoms with E-state index in [-0.39, 0.29) is 0 Å². The van der Waals surface area contributed by atoms with Crippen molar-refractivity contribution in [1.82, 2.24) is 0 Å². The molecule has 0 unspecified atom stereocenters. The van der Waals surface area contributed by atoms with Crippen molar-refractivity contribution in [1.29, 1.82) is 0 Å². The third-order valence-electron chi connectivity index (χ3n) is 11.2. The number of anilines is 3. The maximum atomic E-state index is 2.48. The Morgan fingerprint density at radius 1 is 0.315 bits per heavy atom. The van der Waals surface area contributed by atoms with Gasteiger partial charge in [0.25, 0.3) is 0 Å². The van der Waals surface area contributed by atoms with Gasteiger partial charge in [0.15, 0.2) is 0 Å². The first kappa shape index (κ1) is 31.7. The van der Waals surface area contributed by atoms with E-state index in [1.807, 2.05) is 0 Å². The summed E-state index contributed by atoms with van der Waals surface area (Å²) in [5, 5.41) is 2.42. The van der Waals surface area contributed by atoms with Crippen LogP contribution in [-0.4, -0.2) is 0 Å². The Morgan fingerprint density at radius 3 is 1.48 bits per heavy atom. The molecule has 1 nitrogen and oxygen atoms in total. The van der Waals surface area contributed by atoms with Gasteiger partial charge < -0.3 is 4.90 Å². The molecular weight excluding hydrogens is 651 g/mol. The van der Waals surface area contributed by atoms with E-state index in [4.69, 9.17) is 0 Å². The molecule has 254 valence electrons. The molecule has 9 aromatic rings. The van der Waals surface area contributed by atoms with E-state index in [0.717, 1.165) is 17.1 Å². The molecule has 1 heteroatoms. The highest BCUT2D eigenvalue weighted by molar-refractivity contribution is 6.03. The van der Waals surface area contributed by atoms with Gasteiger partial charge in [0.1, 0.15) is 0 Å². The highest BCUT2D eigenvalue weighted by Gasteiger charge is 2.47. The predicted molar refractivity (Wildman–Crippen MR) is 227 cm³/mol. The van der Waals surface area contributed by atoms with Gasteiger partial charge >= 0.3 is 0 Å². The Hall–Kier alpha value is -6.96. The van der Waals surface area contributed by atoms with Crippen LogP contribution in [0.25, 0.3) is 44.2 Å². The van der Waals surface area contributed by atoms with Gasteiger partial charge in [-0.3, -0.25) is 0 Å². The summed E-state index contributed by atoms with van der Waals surface area (Å²) in [6, 6.07) is 81.9. The zero-order chi connectivity index (χ0) is 35.9. The summed E-state index contributed by atoms with van der Waals surface area (Å²) in [6.45, 7) is 0. The molecule has 9 aromatic carbocycles. The summed E-state index contributed by atoms with van der Waals surface area (Å²) in [4.78, 5) is 2.48. The van der Waals surface area contributed by atoms with E-state index in [1.54, 1.807) is 0 Å². The molecule has 0 fully saturated rings. The standard InChI is InChI=1S/C53H37N/c1-4-18-38(19-5-1)44-26-12-13-27-45(44)40-34-36-43(37-35-40)54(50-32-16-21-39-20-10-11-28-46(39)50)51-33-17-31-49-52(51)47-29-14-15-30-48(47)53(49,41-22-6-2-7-23-41)42-24-8-3-9-25-42/h1-37H. The fourth-order valence-electron chi connectivity index (χ4n) is 8.87. The Kier molecular flexibility index (Phi) is 7.78. The number of rotatable bonds is 7. The van der Waals surface area contributed by atoms with Gasteiger partial charge in [0.2, 0.25) is 0 Å². The quantitative estimate of drug-likeness (QED) is 0.161. The lowest BCUT2D eigenvalue weighted by Gasteiger charge is -2.34. The topological polar surface area (TPSA) is 3.24 Å². The Bertz CT molecular complexity index is 2700. The normalized spacial score (nSPS) is 12.6. The second kappa shape index (κ2) is 13.2. The van der Waals surface area contributed by atoms with E-state index >= 15 is 0 Å². The first-order valence-electron chi connectivity index (χ1n) is 18.7. The van der Waals surface area contributed by atoms with Gasteiger partial charge in [-0.25, -0.2) is 0 Å². The first-order valence-corrected chi connectivity index (χ1v) is 18.7. The molecule has 1 aliphatic carbocycles. The smallest absolute Gasteiger partial charge is 0.0714 e. The highest BCUT2D eigenvalue weighted by atomic mass is 15.1. The summed E-state index contributed by atoms with van der Waals surface area (Å²) < 4.78 is 0. The molecule has 0 aliphatic heterocycles. The number of hydrogen-bond acceptors (Lipinski definition) is 1. The summed E-state index contributed by atoms with van der Waals surface area (Å²) in [7, 11) is 0. The molecule has 10 rings (SSSR count). The van der Waals surface area contributed by atoms with Crippen molar-refractivity contribution in [3.05, 3.63) is 247 Å². The Morgan fingerprint density at radius 2 is 0.796 bits per heavy atom. The molecule has 0 saturated carbocycles. The van der Waals surface area contributed by atoms with Crippen molar-refractivity contribution < 1.29 is 0 Å². The molecule has 0 aromatic heterocycles. The first-order chi connectivity index (χ1) is 26.8. The SMILES string of the molecule is c1ccc(-c2ccccc2-c2ccc(N(c3cccc4c3-c3ccccc3C4(c3ccccc3)c3ccccc3)c3cccc4ccccc34)cc2)cc1. The van der Waals surface area contributed by atoms with E-state index < -0.39 is 5.41 Å². The summed E-state index contributed by atoms with van der Waals surface area (Å²) >= 11 is 0. The van der Waals surface area contributed by atoms with Crippen molar-refractivity contribution in [2.45, 2.75) is 5.41 Å². The summed E-state index contributed by atoms with van der Waals surface area (Å²) in [6.07, 6.45) is 0. The van der Waals surface area contributed by atoms with Crippen LogP contribution in [0.3, 0.4) is 0 Å². The monoisotopic (exact) mass is 687 g/mol. The van der Waals surface area contributed by atoms with Gasteiger partial charge in [0, 0.05) is 16.6 Å². The summed E-state index contributed by atoms with van der Waals surface area (Å²) in [5.41, 5.74) is 15.4. The van der Waals surface area contributed by atoms with Gasteiger partial charge in [0.05, 0.1) is 16.8 Å². The highest BCUT2D eigenvalue weighted by Crippen LogP contribution is 2.59. The number of nitrogens with zero attached hydrogens (tertiary/aromatic N) is 1. The average molecular weight is 688 g/mol. The minimum absolute atomic E-state index is 0.486. The van der Waals surface area contributed by atoms with Crippen LogP contribution in [0.1, 0.15) is 22.3 Å². The zero-order valence-electron chi connectivity index (χ0n) is 29.8. The van der Waals surface area contributed by atoms with E-state index in [9.17, 15) is 0 Å². The van der Waals surface area contributed by atoms with Crippen LogP contribution in [0, 0.1) is 0 Å². The largest absolute Gasteiger partial charge is 0.309 e. The van der Waals surface area contributed by atoms with Gasteiger partial charge in [-0.05, 0) is 79.7 Å². The Labute approximate surface area is 317 Å². The second-order valence-electron chi connectivity index (χ2n) is 14.0. The fraction of sp³-hybridized carbons (Fsp3) is 0.0189.